The number of fused-ring (bicyclic) bond motifs is 1. The van der Waals surface area contributed by atoms with E-state index < -0.39 is 6.10 Å². The molecule has 1 aliphatic heterocycles. The maximum absolute atomic E-state index is 13.0. The second kappa shape index (κ2) is 8.73. The first-order valence-corrected chi connectivity index (χ1v) is 11.1. The molecular weight excluding hydrogens is 392 g/mol. The van der Waals surface area contributed by atoms with Gasteiger partial charge in [-0.1, -0.05) is 26.0 Å². The molecule has 1 saturated heterocycles. The van der Waals surface area contributed by atoms with Gasteiger partial charge in [-0.15, -0.1) is 0 Å². The number of aromatic nitrogens is 2. The summed E-state index contributed by atoms with van der Waals surface area (Å²) in [7, 11) is 1.59. The Labute approximate surface area is 184 Å². The first-order valence-electron chi connectivity index (χ1n) is 11.1. The summed E-state index contributed by atoms with van der Waals surface area (Å²) < 4.78 is 11.2. The number of amides is 1. The maximum Gasteiger partial charge on any atom is 0.261 e. The van der Waals surface area contributed by atoms with Crippen molar-refractivity contribution in [1.29, 1.82) is 0 Å². The van der Waals surface area contributed by atoms with Crippen molar-refractivity contribution in [3.8, 4) is 11.5 Å². The van der Waals surface area contributed by atoms with Crippen LogP contribution in [0.3, 0.4) is 0 Å². The molecule has 166 valence electrons. The topological polar surface area (TPSA) is 76.6 Å². The molecule has 1 aliphatic carbocycles. The van der Waals surface area contributed by atoms with Gasteiger partial charge in [0.15, 0.2) is 17.6 Å². The van der Waals surface area contributed by atoms with E-state index >= 15 is 0 Å². The zero-order chi connectivity index (χ0) is 22.0. The SMILES string of the molecule is COc1ccccc1O[C@H](C)C(=O)N[C@@H]1CC(C)(C)Cc2nc(N3CCCC3)ncc21. The monoisotopic (exact) mass is 424 g/mol. The fourth-order valence-electron chi connectivity index (χ4n) is 4.48. The third-order valence-corrected chi connectivity index (χ3v) is 6.11. The van der Waals surface area contributed by atoms with E-state index in [4.69, 9.17) is 14.5 Å². The van der Waals surface area contributed by atoms with E-state index in [1.807, 2.05) is 24.4 Å². The molecule has 1 aromatic heterocycles. The molecular formula is C24H32N4O3. The molecule has 0 spiro atoms. The number of benzene rings is 1. The Balaban J connectivity index is 1.50. The van der Waals surface area contributed by atoms with Crippen LogP contribution in [-0.4, -0.2) is 42.2 Å². The minimum atomic E-state index is -0.658. The lowest BCUT2D eigenvalue weighted by molar-refractivity contribution is -0.128. The maximum atomic E-state index is 13.0. The minimum Gasteiger partial charge on any atom is -0.493 e. The standard InChI is InChI=1S/C24H32N4O3/c1-16(31-21-10-6-5-9-20(21)30-4)22(29)26-18-13-24(2,3)14-19-17(18)15-25-23(27-19)28-11-7-8-12-28/h5-6,9-10,15-16,18H,7-8,11-14H2,1-4H3,(H,26,29)/t16-,18-/m1/s1. The van der Waals surface area contributed by atoms with Crippen LogP contribution in [-0.2, 0) is 11.2 Å². The molecule has 7 nitrogen and oxygen atoms in total. The van der Waals surface area contributed by atoms with Gasteiger partial charge in [-0.25, -0.2) is 9.97 Å². The van der Waals surface area contributed by atoms with Crippen LogP contribution in [0, 0.1) is 5.41 Å². The van der Waals surface area contributed by atoms with E-state index in [1.165, 1.54) is 12.8 Å². The average Bonchev–Trinajstić information content (AvgIpc) is 3.27. The number of methoxy groups -OCH3 is 1. The van der Waals surface area contributed by atoms with Crippen molar-refractivity contribution < 1.29 is 14.3 Å². The zero-order valence-corrected chi connectivity index (χ0v) is 18.9. The summed E-state index contributed by atoms with van der Waals surface area (Å²) in [6, 6.07) is 7.21. The smallest absolute Gasteiger partial charge is 0.261 e. The largest absolute Gasteiger partial charge is 0.493 e. The Hall–Kier alpha value is -2.83. The van der Waals surface area contributed by atoms with Crippen molar-refractivity contribution in [3.05, 3.63) is 41.7 Å². The van der Waals surface area contributed by atoms with E-state index in [1.54, 1.807) is 20.1 Å². The van der Waals surface area contributed by atoms with Crippen molar-refractivity contribution in [1.82, 2.24) is 15.3 Å². The molecule has 4 rings (SSSR count). The van der Waals surface area contributed by atoms with Crippen LogP contribution >= 0.6 is 0 Å². The number of hydrogen-bond donors (Lipinski definition) is 1. The average molecular weight is 425 g/mol. The van der Waals surface area contributed by atoms with Gasteiger partial charge in [0.2, 0.25) is 5.95 Å². The van der Waals surface area contributed by atoms with Crippen LogP contribution < -0.4 is 19.7 Å². The molecule has 31 heavy (non-hydrogen) atoms. The highest BCUT2D eigenvalue weighted by molar-refractivity contribution is 5.81. The van der Waals surface area contributed by atoms with Gasteiger partial charge in [0.1, 0.15) is 0 Å². The van der Waals surface area contributed by atoms with Gasteiger partial charge < -0.3 is 19.7 Å². The van der Waals surface area contributed by atoms with Crippen LogP contribution in [0.2, 0.25) is 0 Å². The molecule has 0 unspecified atom stereocenters. The number of nitrogens with zero attached hydrogens (tertiary/aromatic N) is 3. The van der Waals surface area contributed by atoms with Crippen molar-refractivity contribution in [2.45, 2.75) is 58.6 Å². The van der Waals surface area contributed by atoms with Gasteiger partial charge in [0.05, 0.1) is 18.8 Å². The number of anilines is 1. The number of carbonyl (C=O) groups excluding carboxylic acids is 1. The van der Waals surface area contributed by atoms with Crippen molar-refractivity contribution in [3.63, 3.8) is 0 Å². The van der Waals surface area contributed by atoms with Gasteiger partial charge in [0.25, 0.3) is 5.91 Å². The fraction of sp³-hybridized carbons (Fsp3) is 0.542. The first kappa shape index (κ1) is 21.4. The highest BCUT2D eigenvalue weighted by Crippen LogP contribution is 2.40. The van der Waals surface area contributed by atoms with E-state index in [2.05, 4.69) is 29.0 Å². The number of carbonyl (C=O) groups is 1. The van der Waals surface area contributed by atoms with Crippen LogP contribution in [0.5, 0.6) is 11.5 Å². The molecule has 1 amide bonds. The lowest BCUT2D eigenvalue weighted by Gasteiger charge is -2.37. The summed E-state index contributed by atoms with van der Waals surface area (Å²) in [5.74, 6) is 1.81. The number of para-hydroxylation sites is 2. The van der Waals surface area contributed by atoms with Crippen LogP contribution in [0.15, 0.2) is 30.5 Å². The van der Waals surface area contributed by atoms with Gasteiger partial charge in [-0.3, -0.25) is 4.79 Å². The highest BCUT2D eigenvalue weighted by atomic mass is 16.5. The summed E-state index contributed by atoms with van der Waals surface area (Å²) in [5, 5.41) is 3.18. The third kappa shape index (κ3) is 4.75. The molecule has 0 saturated carbocycles. The summed E-state index contributed by atoms with van der Waals surface area (Å²) in [4.78, 5) is 24.8. The second-order valence-electron chi connectivity index (χ2n) is 9.28. The highest BCUT2D eigenvalue weighted by Gasteiger charge is 2.35. The number of nitrogens with one attached hydrogen (secondary N) is 1. The molecule has 1 aromatic carbocycles. The molecule has 2 atom stereocenters. The lowest BCUT2D eigenvalue weighted by atomic mass is 9.74. The van der Waals surface area contributed by atoms with Crippen molar-refractivity contribution in [2.75, 3.05) is 25.1 Å². The Bertz CT molecular complexity index is 940. The Morgan fingerprint density at radius 1 is 1.23 bits per heavy atom. The molecule has 0 bridgehead atoms. The van der Waals surface area contributed by atoms with Crippen LogP contribution in [0.4, 0.5) is 5.95 Å². The molecule has 2 aromatic rings. The number of hydrogen-bond acceptors (Lipinski definition) is 6. The predicted octanol–water partition coefficient (Wildman–Crippen LogP) is 3.68. The first-order chi connectivity index (χ1) is 14.9. The normalized spacial score (nSPS) is 20.6. The third-order valence-electron chi connectivity index (χ3n) is 6.11. The fourth-order valence-corrected chi connectivity index (χ4v) is 4.48. The minimum absolute atomic E-state index is 0.0360. The summed E-state index contributed by atoms with van der Waals surface area (Å²) in [6.07, 6.45) is 5.34. The van der Waals surface area contributed by atoms with E-state index in [-0.39, 0.29) is 17.4 Å². The van der Waals surface area contributed by atoms with Gasteiger partial charge >= 0.3 is 0 Å². The molecule has 1 fully saturated rings. The van der Waals surface area contributed by atoms with Crippen LogP contribution in [0.1, 0.15) is 57.3 Å². The van der Waals surface area contributed by atoms with E-state index in [0.29, 0.717) is 11.5 Å². The molecule has 2 heterocycles. The lowest BCUT2D eigenvalue weighted by Crippen LogP contribution is -2.42. The predicted molar refractivity (Wildman–Crippen MR) is 120 cm³/mol. The molecule has 0 radical (unpaired) electrons. The summed E-state index contributed by atoms with van der Waals surface area (Å²) in [6.45, 7) is 8.23. The zero-order valence-electron chi connectivity index (χ0n) is 18.9. The molecule has 2 aliphatic rings. The second-order valence-corrected chi connectivity index (χ2v) is 9.28. The number of ether oxygens (including phenoxy) is 2. The molecule has 7 heteroatoms. The Morgan fingerprint density at radius 2 is 1.94 bits per heavy atom. The summed E-state index contributed by atoms with van der Waals surface area (Å²) >= 11 is 0. The van der Waals surface area contributed by atoms with E-state index in [0.717, 1.165) is 43.1 Å². The Morgan fingerprint density at radius 3 is 2.65 bits per heavy atom. The van der Waals surface area contributed by atoms with Gasteiger partial charge in [0, 0.05) is 24.8 Å². The van der Waals surface area contributed by atoms with Gasteiger partial charge in [-0.2, -0.15) is 0 Å². The van der Waals surface area contributed by atoms with Gasteiger partial charge in [-0.05, 0) is 50.2 Å². The van der Waals surface area contributed by atoms with E-state index in [9.17, 15) is 4.79 Å². The van der Waals surface area contributed by atoms with Crippen molar-refractivity contribution >= 4 is 11.9 Å². The molecule has 1 N–H and O–H groups in total. The summed E-state index contributed by atoms with van der Waals surface area (Å²) in [5.41, 5.74) is 2.09. The number of rotatable bonds is 6. The quantitative estimate of drug-likeness (QED) is 0.762. The van der Waals surface area contributed by atoms with Crippen LogP contribution in [0.25, 0.3) is 0 Å². The van der Waals surface area contributed by atoms with Crippen molar-refractivity contribution in [2.24, 2.45) is 5.41 Å². The Kier molecular flexibility index (Phi) is 6.03.